The Morgan fingerprint density at radius 1 is 1.05 bits per heavy atom. The largest absolute Gasteiger partial charge is 0.454 e. The van der Waals surface area contributed by atoms with Gasteiger partial charge in [-0.3, -0.25) is 4.79 Å². The van der Waals surface area contributed by atoms with Gasteiger partial charge in [0.15, 0.2) is 6.10 Å². The fraction of sp³-hybridized carbons (Fsp3) is 0.250. The van der Waals surface area contributed by atoms with Crippen LogP contribution in [-0.4, -0.2) is 17.9 Å². The van der Waals surface area contributed by atoms with E-state index in [0.29, 0.717) is 11.3 Å². The first kappa shape index (κ1) is 14.1. The summed E-state index contributed by atoms with van der Waals surface area (Å²) in [7, 11) is 0. The van der Waals surface area contributed by atoms with Gasteiger partial charge in [-0.15, -0.1) is 0 Å². The van der Waals surface area contributed by atoms with Crippen LogP contribution in [0.25, 0.3) is 0 Å². The minimum absolute atomic E-state index is 0.103. The Morgan fingerprint density at radius 3 is 2.25 bits per heavy atom. The highest BCUT2D eigenvalue weighted by Crippen LogP contribution is 2.12. The van der Waals surface area contributed by atoms with Crippen LogP contribution in [0.3, 0.4) is 0 Å². The van der Waals surface area contributed by atoms with Crippen molar-refractivity contribution in [2.45, 2.75) is 26.9 Å². The van der Waals surface area contributed by atoms with E-state index in [-0.39, 0.29) is 11.5 Å². The summed E-state index contributed by atoms with van der Waals surface area (Å²) in [4.78, 5) is 23.9. The van der Waals surface area contributed by atoms with Crippen LogP contribution >= 0.6 is 0 Å². The van der Waals surface area contributed by atoms with Crippen LogP contribution < -0.4 is 0 Å². The lowest BCUT2D eigenvalue weighted by molar-refractivity contribution is 0.0288. The van der Waals surface area contributed by atoms with Gasteiger partial charge in [-0.25, -0.2) is 4.79 Å². The summed E-state index contributed by atoms with van der Waals surface area (Å²) >= 11 is 0. The van der Waals surface area contributed by atoms with Crippen LogP contribution in [0, 0.1) is 13.8 Å². The highest BCUT2D eigenvalue weighted by atomic mass is 16.6. The summed E-state index contributed by atoms with van der Waals surface area (Å²) < 4.78 is 10.3. The number of hydrogen-bond acceptors (Lipinski definition) is 4. The molecule has 0 radical (unpaired) electrons. The Kier molecular flexibility index (Phi) is 4.03. The zero-order chi connectivity index (χ0) is 14.7. The van der Waals surface area contributed by atoms with E-state index < -0.39 is 12.1 Å². The highest BCUT2D eigenvalue weighted by Gasteiger charge is 2.21. The van der Waals surface area contributed by atoms with Gasteiger partial charge in [0, 0.05) is 5.56 Å². The molecule has 0 saturated heterocycles. The first-order chi connectivity index (χ1) is 9.47. The van der Waals surface area contributed by atoms with Crippen LogP contribution in [0.15, 0.2) is 40.8 Å². The predicted molar refractivity (Wildman–Crippen MR) is 73.8 cm³/mol. The molecule has 1 atom stereocenters. The van der Waals surface area contributed by atoms with Crippen molar-refractivity contribution >= 4 is 11.8 Å². The number of carbonyl (C=O) groups is 2. The van der Waals surface area contributed by atoms with Gasteiger partial charge in [0.1, 0.15) is 5.76 Å². The van der Waals surface area contributed by atoms with Crippen molar-refractivity contribution < 1.29 is 18.7 Å². The third-order valence-corrected chi connectivity index (χ3v) is 2.93. The zero-order valence-corrected chi connectivity index (χ0v) is 11.7. The third-order valence-electron chi connectivity index (χ3n) is 2.93. The molecular formula is C16H16O4. The second kappa shape index (κ2) is 5.74. The lowest BCUT2D eigenvalue weighted by atomic mass is 10.1. The van der Waals surface area contributed by atoms with E-state index in [1.807, 2.05) is 19.1 Å². The predicted octanol–water partition coefficient (Wildman–Crippen LogP) is 3.32. The van der Waals surface area contributed by atoms with E-state index in [9.17, 15) is 9.59 Å². The molecule has 2 rings (SSSR count). The molecule has 0 unspecified atom stereocenters. The maximum Gasteiger partial charge on any atom is 0.374 e. The SMILES string of the molecule is Cc1ccc(C(=O)[C@H](C)OC(=O)c2ccc(C)o2)cc1. The van der Waals surface area contributed by atoms with Crippen molar-refractivity contribution in [2.75, 3.05) is 0 Å². The van der Waals surface area contributed by atoms with Gasteiger partial charge in [0.25, 0.3) is 0 Å². The fourth-order valence-corrected chi connectivity index (χ4v) is 1.77. The van der Waals surface area contributed by atoms with Gasteiger partial charge in [0.2, 0.25) is 11.5 Å². The highest BCUT2D eigenvalue weighted by molar-refractivity contribution is 6.01. The van der Waals surface area contributed by atoms with Gasteiger partial charge in [-0.2, -0.15) is 0 Å². The quantitative estimate of drug-likeness (QED) is 0.632. The van der Waals surface area contributed by atoms with E-state index in [2.05, 4.69) is 0 Å². The maximum absolute atomic E-state index is 12.1. The molecule has 1 aromatic heterocycles. The van der Waals surface area contributed by atoms with Crippen LogP contribution in [-0.2, 0) is 4.74 Å². The molecule has 0 fully saturated rings. The number of furan rings is 1. The number of ketones is 1. The Balaban J connectivity index is 2.04. The molecule has 0 aliphatic rings. The van der Waals surface area contributed by atoms with Crippen molar-refractivity contribution in [1.29, 1.82) is 0 Å². The summed E-state index contributed by atoms with van der Waals surface area (Å²) in [6.07, 6.45) is -0.851. The van der Waals surface area contributed by atoms with Crippen molar-refractivity contribution in [1.82, 2.24) is 0 Å². The first-order valence-electron chi connectivity index (χ1n) is 6.35. The van der Waals surface area contributed by atoms with Gasteiger partial charge in [0.05, 0.1) is 0 Å². The molecule has 0 bridgehead atoms. The lowest BCUT2D eigenvalue weighted by Gasteiger charge is -2.11. The third kappa shape index (κ3) is 3.15. The van der Waals surface area contributed by atoms with Crippen LogP contribution in [0.2, 0.25) is 0 Å². The normalized spacial score (nSPS) is 11.9. The Bertz CT molecular complexity index is 622. The molecule has 1 aromatic carbocycles. The molecular weight excluding hydrogens is 256 g/mol. The number of esters is 1. The van der Waals surface area contributed by atoms with Gasteiger partial charge >= 0.3 is 5.97 Å². The fourth-order valence-electron chi connectivity index (χ4n) is 1.77. The monoisotopic (exact) mass is 272 g/mol. The Morgan fingerprint density at radius 2 is 1.70 bits per heavy atom. The van der Waals surface area contributed by atoms with E-state index >= 15 is 0 Å². The van der Waals surface area contributed by atoms with Gasteiger partial charge < -0.3 is 9.15 Å². The minimum atomic E-state index is -0.851. The number of Topliss-reactive ketones (excluding diaryl/α,β-unsaturated/α-hetero) is 1. The smallest absolute Gasteiger partial charge is 0.374 e. The first-order valence-corrected chi connectivity index (χ1v) is 6.35. The number of benzene rings is 1. The van der Waals surface area contributed by atoms with Crippen LogP contribution in [0.4, 0.5) is 0 Å². The molecule has 0 amide bonds. The standard InChI is InChI=1S/C16H16O4/c1-10-4-7-13(8-5-10)15(17)12(3)20-16(18)14-9-6-11(2)19-14/h4-9,12H,1-3H3/t12-/m0/s1. The summed E-state index contributed by atoms with van der Waals surface area (Å²) in [5.41, 5.74) is 1.59. The lowest BCUT2D eigenvalue weighted by Crippen LogP contribution is -2.24. The Hall–Kier alpha value is -2.36. The van der Waals surface area contributed by atoms with E-state index in [1.54, 1.807) is 32.0 Å². The number of carbonyl (C=O) groups excluding carboxylic acids is 2. The van der Waals surface area contributed by atoms with Crippen molar-refractivity contribution in [2.24, 2.45) is 0 Å². The Labute approximate surface area is 117 Å². The number of aryl methyl sites for hydroxylation is 2. The topological polar surface area (TPSA) is 56.5 Å². The van der Waals surface area contributed by atoms with Crippen LogP contribution in [0.1, 0.15) is 39.2 Å². The molecule has 104 valence electrons. The second-order valence-electron chi connectivity index (χ2n) is 4.69. The average Bonchev–Trinajstić information content (AvgIpc) is 2.85. The minimum Gasteiger partial charge on any atom is -0.454 e. The molecule has 4 nitrogen and oxygen atoms in total. The molecule has 0 aliphatic heterocycles. The number of rotatable bonds is 4. The molecule has 0 N–H and O–H groups in total. The molecule has 2 aromatic rings. The zero-order valence-electron chi connectivity index (χ0n) is 11.7. The molecule has 20 heavy (non-hydrogen) atoms. The van der Waals surface area contributed by atoms with E-state index in [0.717, 1.165) is 5.56 Å². The van der Waals surface area contributed by atoms with Gasteiger partial charge in [-0.1, -0.05) is 29.8 Å². The van der Waals surface area contributed by atoms with E-state index in [1.165, 1.54) is 6.07 Å². The second-order valence-corrected chi connectivity index (χ2v) is 4.69. The van der Waals surface area contributed by atoms with Crippen molar-refractivity contribution in [3.8, 4) is 0 Å². The number of ether oxygens (including phenoxy) is 1. The summed E-state index contributed by atoms with van der Waals surface area (Å²) in [6.45, 7) is 5.23. The van der Waals surface area contributed by atoms with Gasteiger partial charge in [-0.05, 0) is 32.9 Å². The molecule has 1 heterocycles. The van der Waals surface area contributed by atoms with Crippen LogP contribution in [0.5, 0.6) is 0 Å². The van der Waals surface area contributed by atoms with E-state index in [4.69, 9.17) is 9.15 Å². The van der Waals surface area contributed by atoms with Crippen molar-refractivity contribution in [3.05, 3.63) is 59.0 Å². The summed E-state index contributed by atoms with van der Waals surface area (Å²) in [6, 6.07) is 10.3. The molecule has 4 heteroatoms. The molecule has 0 spiro atoms. The average molecular weight is 272 g/mol. The molecule has 0 saturated carbocycles. The number of hydrogen-bond donors (Lipinski definition) is 0. The van der Waals surface area contributed by atoms with Crippen molar-refractivity contribution in [3.63, 3.8) is 0 Å². The maximum atomic E-state index is 12.1. The summed E-state index contributed by atoms with van der Waals surface area (Å²) in [5.74, 6) is -0.145. The summed E-state index contributed by atoms with van der Waals surface area (Å²) in [5, 5.41) is 0. The molecule has 0 aliphatic carbocycles.